The number of benzene rings is 1. The number of carbonyl (C=O) groups excluding carboxylic acids is 1. The van der Waals surface area contributed by atoms with Crippen LogP contribution >= 0.6 is 0 Å². The minimum absolute atomic E-state index is 0.00506. The van der Waals surface area contributed by atoms with Gasteiger partial charge in [-0.2, -0.15) is 5.10 Å². The Hall–Kier alpha value is -3.07. The van der Waals surface area contributed by atoms with Crippen molar-refractivity contribution in [2.45, 2.75) is 82.3 Å². The van der Waals surface area contributed by atoms with Crippen LogP contribution in [0.1, 0.15) is 73.0 Å². The van der Waals surface area contributed by atoms with E-state index < -0.39 is 12.0 Å². The van der Waals surface area contributed by atoms with Gasteiger partial charge < -0.3 is 15.0 Å². The first-order valence-electron chi connectivity index (χ1n) is 14.8. The van der Waals surface area contributed by atoms with Gasteiger partial charge in [-0.05, 0) is 75.1 Å². The summed E-state index contributed by atoms with van der Waals surface area (Å²) in [5.74, 6) is -1.45. The second-order valence-corrected chi connectivity index (χ2v) is 12.0. The standard InChI is InChI=1S/C31H39F2N5O2/c1-37-20-26-25(3-2-4-28(26)36-37)30(39)34-23-8-5-21(6-9-23)12-16-38-17-13-22-7-10-29(35-27(22)14-18-38)40-24-11-15-31(32,33)19-24/h2-4,7,10,20-21,23-24H,5-6,8-9,11-19H2,1H3,(H,34,39). The molecule has 2 aliphatic carbocycles. The molecule has 2 saturated carbocycles. The average Bonchev–Trinajstić information content (AvgIpc) is 3.41. The number of alkyl halides is 2. The van der Waals surface area contributed by atoms with E-state index in [2.05, 4.69) is 21.4 Å². The number of fused-ring (bicyclic) bond motifs is 2. The van der Waals surface area contributed by atoms with Crippen molar-refractivity contribution in [3.05, 3.63) is 53.3 Å². The summed E-state index contributed by atoms with van der Waals surface area (Å²) in [6.07, 6.45) is 8.83. The lowest BCUT2D eigenvalue weighted by atomic mass is 9.84. The lowest BCUT2D eigenvalue weighted by Gasteiger charge is -2.30. The average molecular weight is 552 g/mol. The van der Waals surface area contributed by atoms with E-state index in [0.29, 0.717) is 23.8 Å². The Kier molecular flexibility index (Phi) is 7.75. The van der Waals surface area contributed by atoms with Crippen LogP contribution in [0, 0.1) is 5.92 Å². The molecule has 1 N–H and O–H groups in total. The molecule has 2 aromatic heterocycles. The number of nitrogens with one attached hydrogen (secondary N) is 1. The second kappa shape index (κ2) is 11.4. The lowest BCUT2D eigenvalue weighted by molar-refractivity contribution is -0.00140. The SMILES string of the molecule is Cn1cc2c(C(=O)NC3CCC(CCN4CCc5ccc(OC6CCC(F)(F)C6)nc5CC4)CC3)cccc2n1. The zero-order valence-corrected chi connectivity index (χ0v) is 23.2. The summed E-state index contributed by atoms with van der Waals surface area (Å²) in [7, 11) is 1.88. The molecule has 6 rings (SSSR count). The molecule has 9 heteroatoms. The molecule has 7 nitrogen and oxygen atoms in total. The van der Waals surface area contributed by atoms with E-state index in [1.54, 1.807) is 4.68 Å². The number of rotatable bonds is 7. The summed E-state index contributed by atoms with van der Waals surface area (Å²) in [6, 6.07) is 9.85. The van der Waals surface area contributed by atoms with Gasteiger partial charge in [0.05, 0.1) is 11.1 Å². The van der Waals surface area contributed by atoms with Gasteiger partial charge in [-0.1, -0.05) is 12.1 Å². The highest BCUT2D eigenvalue weighted by Gasteiger charge is 2.41. The predicted octanol–water partition coefficient (Wildman–Crippen LogP) is 5.31. The fourth-order valence-corrected chi connectivity index (χ4v) is 6.66. The Morgan fingerprint density at radius 3 is 2.73 bits per heavy atom. The number of amides is 1. The van der Waals surface area contributed by atoms with Gasteiger partial charge >= 0.3 is 0 Å². The summed E-state index contributed by atoms with van der Waals surface area (Å²) < 4.78 is 34.6. The first-order valence-corrected chi connectivity index (χ1v) is 14.8. The molecule has 0 saturated heterocycles. The minimum atomic E-state index is -2.61. The van der Waals surface area contributed by atoms with Crippen molar-refractivity contribution in [3.8, 4) is 5.88 Å². The minimum Gasteiger partial charge on any atom is -0.474 e. The Morgan fingerprint density at radius 1 is 1.10 bits per heavy atom. The van der Waals surface area contributed by atoms with E-state index in [1.807, 2.05) is 37.5 Å². The quantitative estimate of drug-likeness (QED) is 0.431. The van der Waals surface area contributed by atoms with Gasteiger partial charge in [-0.15, -0.1) is 0 Å². The molecule has 3 aliphatic rings. The molecular formula is C31H39F2N5O2. The highest BCUT2D eigenvalue weighted by Crippen LogP contribution is 2.37. The Bertz CT molecular complexity index is 1350. The highest BCUT2D eigenvalue weighted by molar-refractivity contribution is 6.06. The van der Waals surface area contributed by atoms with Gasteiger partial charge in [-0.25, -0.2) is 13.8 Å². The smallest absolute Gasteiger partial charge is 0.252 e. The molecule has 2 fully saturated rings. The van der Waals surface area contributed by atoms with Crippen LogP contribution in [0.15, 0.2) is 36.5 Å². The van der Waals surface area contributed by atoms with Crippen LogP contribution in [-0.4, -0.2) is 63.3 Å². The first kappa shape index (κ1) is 27.1. The number of halogens is 2. The normalized spacial score (nSPS) is 24.9. The molecule has 0 radical (unpaired) electrons. The number of hydrogen-bond acceptors (Lipinski definition) is 5. The lowest BCUT2D eigenvalue weighted by Crippen LogP contribution is -2.38. The van der Waals surface area contributed by atoms with Gasteiger partial charge in [0.2, 0.25) is 5.88 Å². The molecule has 1 unspecified atom stereocenters. The number of hydrogen-bond donors (Lipinski definition) is 1. The summed E-state index contributed by atoms with van der Waals surface area (Å²) in [6.45, 7) is 3.03. The molecule has 1 amide bonds. The third-order valence-corrected chi connectivity index (χ3v) is 9.00. The van der Waals surface area contributed by atoms with E-state index in [4.69, 9.17) is 9.72 Å². The number of ether oxygens (including phenoxy) is 1. The Morgan fingerprint density at radius 2 is 1.93 bits per heavy atom. The van der Waals surface area contributed by atoms with Gasteiger partial charge in [0.25, 0.3) is 11.8 Å². The monoisotopic (exact) mass is 551 g/mol. The zero-order chi connectivity index (χ0) is 27.7. The van der Waals surface area contributed by atoms with Gasteiger partial charge in [0.1, 0.15) is 6.10 Å². The summed E-state index contributed by atoms with van der Waals surface area (Å²) in [5, 5.41) is 8.59. The van der Waals surface area contributed by atoms with Crippen molar-refractivity contribution in [2.75, 3.05) is 19.6 Å². The van der Waals surface area contributed by atoms with Crippen molar-refractivity contribution >= 4 is 16.8 Å². The zero-order valence-electron chi connectivity index (χ0n) is 23.2. The molecule has 1 atom stereocenters. The first-order chi connectivity index (χ1) is 19.3. The van der Waals surface area contributed by atoms with E-state index in [9.17, 15) is 13.6 Å². The van der Waals surface area contributed by atoms with Crippen molar-refractivity contribution in [1.29, 1.82) is 0 Å². The van der Waals surface area contributed by atoms with Crippen molar-refractivity contribution in [1.82, 2.24) is 25.0 Å². The van der Waals surface area contributed by atoms with E-state index in [1.165, 1.54) is 12.0 Å². The fourth-order valence-electron chi connectivity index (χ4n) is 6.66. The van der Waals surface area contributed by atoms with Crippen LogP contribution in [-0.2, 0) is 19.9 Å². The molecule has 1 aromatic carbocycles. The Balaban J connectivity index is 0.942. The third-order valence-electron chi connectivity index (χ3n) is 9.00. The molecule has 3 heterocycles. The molecular weight excluding hydrogens is 512 g/mol. The topological polar surface area (TPSA) is 72.3 Å². The van der Waals surface area contributed by atoms with Crippen LogP contribution in [0.4, 0.5) is 8.78 Å². The van der Waals surface area contributed by atoms with Crippen molar-refractivity contribution in [2.24, 2.45) is 13.0 Å². The van der Waals surface area contributed by atoms with E-state index in [0.717, 1.165) is 74.8 Å². The van der Waals surface area contributed by atoms with Gasteiger partial charge in [-0.3, -0.25) is 9.48 Å². The number of nitrogens with zero attached hydrogens (tertiary/aromatic N) is 4. The van der Waals surface area contributed by atoms with Crippen molar-refractivity contribution in [3.63, 3.8) is 0 Å². The van der Waals surface area contributed by atoms with Gasteiger partial charge in [0.15, 0.2) is 0 Å². The second-order valence-electron chi connectivity index (χ2n) is 12.0. The Labute approximate surface area is 234 Å². The summed E-state index contributed by atoms with van der Waals surface area (Å²) in [4.78, 5) is 20.2. The maximum atomic E-state index is 13.5. The fraction of sp³-hybridized carbons (Fsp3) is 0.581. The van der Waals surface area contributed by atoms with Crippen LogP contribution in [0.25, 0.3) is 10.9 Å². The van der Waals surface area contributed by atoms with Gasteiger partial charge in [0, 0.05) is 68.8 Å². The number of pyridine rings is 1. The summed E-state index contributed by atoms with van der Waals surface area (Å²) >= 11 is 0. The van der Waals surface area contributed by atoms with Crippen LogP contribution in [0.2, 0.25) is 0 Å². The molecule has 0 bridgehead atoms. The van der Waals surface area contributed by atoms with Crippen LogP contribution in [0.5, 0.6) is 5.88 Å². The maximum absolute atomic E-state index is 13.5. The number of aromatic nitrogens is 3. The molecule has 1 aliphatic heterocycles. The molecule has 40 heavy (non-hydrogen) atoms. The molecule has 214 valence electrons. The maximum Gasteiger partial charge on any atom is 0.252 e. The van der Waals surface area contributed by atoms with Crippen molar-refractivity contribution < 1.29 is 18.3 Å². The highest BCUT2D eigenvalue weighted by atomic mass is 19.3. The number of carbonyl (C=O) groups is 1. The third kappa shape index (κ3) is 6.29. The summed E-state index contributed by atoms with van der Waals surface area (Å²) in [5.41, 5.74) is 3.83. The molecule has 0 spiro atoms. The van der Waals surface area contributed by atoms with E-state index in [-0.39, 0.29) is 24.8 Å². The predicted molar refractivity (Wildman–Crippen MR) is 150 cm³/mol. The molecule has 3 aromatic rings. The largest absolute Gasteiger partial charge is 0.474 e. The van der Waals surface area contributed by atoms with E-state index >= 15 is 0 Å². The van der Waals surface area contributed by atoms with Crippen LogP contribution < -0.4 is 10.1 Å². The number of aryl methyl sites for hydroxylation is 1. The van der Waals surface area contributed by atoms with Crippen LogP contribution in [0.3, 0.4) is 0 Å².